The number of rotatable bonds is 6. The molecule has 0 aliphatic carbocycles. The van der Waals surface area contributed by atoms with Gasteiger partial charge < -0.3 is 24.4 Å². The smallest absolute Gasteiger partial charge is 0.137 e. The van der Waals surface area contributed by atoms with E-state index >= 15 is 0 Å². The first-order valence-corrected chi connectivity index (χ1v) is 8.30. The quantitative estimate of drug-likeness (QED) is 0.801. The lowest BCUT2D eigenvalue weighted by atomic mass is 10.2. The maximum atomic E-state index is 10.8. The van der Waals surface area contributed by atoms with Gasteiger partial charge in [0.25, 0.3) is 0 Å². The van der Waals surface area contributed by atoms with E-state index in [-0.39, 0.29) is 5.56 Å². The maximum absolute atomic E-state index is 10.8. The third-order valence-electron chi connectivity index (χ3n) is 4.39. The summed E-state index contributed by atoms with van der Waals surface area (Å²) in [4.78, 5) is 14.8. The molecule has 0 unspecified atom stereocenters. The second kappa shape index (κ2) is 7.84. The Hall–Kier alpha value is -2.53. The highest BCUT2D eigenvalue weighted by Crippen LogP contribution is 2.13. The number of quaternary nitrogens is 1. The zero-order chi connectivity index (χ0) is 16.8. The van der Waals surface area contributed by atoms with Crippen LogP contribution >= 0.6 is 0 Å². The second-order valence-corrected chi connectivity index (χ2v) is 5.99. The van der Waals surface area contributed by atoms with Crippen molar-refractivity contribution in [3.63, 3.8) is 0 Å². The third-order valence-corrected chi connectivity index (χ3v) is 4.39. The predicted molar refractivity (Wildman–Crippen MR) is 90.5 cm³/mol. The van der Waals surface area contributed by atoms with E-state index in [9.17, 15) is 9.90 Å². The standard InChI is InChI=1S/C19H22N2O3/c22-19(23)16-5-4-8-18(15-16)24-14-13-20-9-11-21(12-10-20)17-6-2-1-3-7-17/h1-8,15H,9-14H2,(H,22,23). The Morgan fingerprint density at radius 1 is 1.08 bits per heavy atom. The van der Waals surface area contributed by atoms with Crippen LogP contribution < -0.4 is 19.6 Å². The Morgan fingerprint density at radius 2 is 1.83 bits per heavy atom. The molecule has 24 heavy (non-hydrogen) atoms. The van der Waals surface area contributed by atoms with E-state index in [1.165, 1.54) is 22.7 Å². The van der Waals surface area contributed by atoms with Crippen molar-refractivity contribution < 1.29 is 19.5 Å². The molecule has 0 radical (unpaired) electrons. The fraction of sp³-hybridized carbons (Fsp3) is 0.316. The van der Waals surface area contributed by atoms with Crippen LogP contribution in [0.5, 0.6) is 5.75 Å². The number of piperazine rings is 1. The van der Waals surface area contributed by atoms with Crippen LogP contribution in [0.25, 0.3) is 0 Å². The maximum Gasteiger partial charge on any atom is 0.137 e. The molecule has 1 N–H and O–H groups in total. The molecule has 2 aromatic rings. The van der Waals surface area contributed by atoms with Gasteiger partial charge in [-0.05, 0) is 24.3 Å². The minimum Gasteiger partial charge on any atom is -0.545 e. The SMILES string of the molecule is O=C([O-])c1cccc(OCC[NH+]2CCN(c3ccccc3)CC2)c1. The fourth-order valence-electron chi connectivity index (χ4n) is 3.00. The molecule has 3 rings (SSSR count). The van der Waals surface area contributed by atoms with Crippen molar-refractivity contribution in [1.29, 1.82) is 0 Å². The zero-order valence-electron chi connectivity index (χ0n) is 13.6. The molecule has 0 aromatic heterocycles. The Kier molecular flexibility index (Phi) is 5.33. The summed E-state index contributed by atoms with van der Waals surface area (Å²) in [7, 11) is 0. The van der Waals surface area contributed by atoms with Crippen molar-refractivity contribution in [3.8, 4) is 5.75 Å². The summed E-state index contributed by atoms with van der Waals surface area (Å²) < 4.78 is 5.69. The van der Waals surface area contributed by atoms with Crippen molar-refractivity contribution in [1.82, 2.24) is 0 Å². The molecule has 2 aromatic carbocycles. The minimum atomic E-state index is -1.18. The largest absolute Gasteiger partial charge is 0.545 e. The first-order valence-electron chi connectivity index (χ1n) is 8.30. The molecule has 1 saturated heterocycles. The van der Waals surface area contributed by atoms with E-state index in [2.05, 4.69) is 29.2 Å². The van der Waals surface area contributed by atoms with E-state index in [0.29, 0.717) is 12.4 Å². The molecule has 0 saturated carbocycles. The number of ether oxygens (including phenoxy) is 1. The number of benzene rings is 2. The van der Waals surface area contributed by atoms with Gasteiger partial charge in [0.05, 0.1) is 32.1 Å². The van der Waals surface area contributed by atoms with Gasteiger partial charge in [-0.1, -0.05) is 30.3 Å². The Morgan fingerprint density at radius 3 is 2.54 bits per heavy atom. The van der Waals surface area contributed by atoms with Gasteiger partial charge in [0.1, 0.15) is 18.9 Å². The lowest BCUT2D eigenvalue weighted by molar-refractivity contribution is -0.900. The number of hydrogen-bond donors (Lipinski definition) is 1. The topological polar surface area (TPSA) is 57.0 Å². The molecular formula is C19H22N2O3. The Balaban J connectivity index is 1.42. The van der Waals surface area contributed by atoms with Crippen molar-refractivity contribution in [2.45, 2.75) is 0 Å². The summed E-state index contributed by atoms with van der Waals surface area (Å²) in [6.45, 7) is 5.74. The number of aromatic carboxylic acids is 1. The fourth-order valence-corrected chi connectivity index (χ4v) is 3.00. The second-order valence-electron chi connectivity index (χ2n) is 5.99. The van der Waals surface area contributed by atoms with Gasteiger partial charge in [0.15, 0.2) is 0 Å². The molecule has 1 fully saturated rings. The van der Waals surface area contributed by atoms with Gasteiger partial charge in [-0.25, -0.2) is 0 Å². The number of nitrogens with one attached hydrogen (secondary N) is 1. The molecule has 0 atom stereocenters. The van der Waals surface area contributed by atoms with Gasteiger partial charge in [-0.15, -0.1) is 0 Å². The number of para-hydroxylation sites is 1. The van der Waals surface area contributed by atoms with Crippen LogP contribution in [-0.2, 0) is 0 Å². The van der Waals surface area contributed by atoms with E-state index in [1.54, 1.807) is 12.1 Å². The van der Waals surface area contributed by atoms with Crippen LogP contribution in [0.2, 0.25) is 0 Å². The summed E-state index contributed by atoms with van der Waals surface area (Å²) >= 11 is 0. The van der Waals surface area contributed by atoms with Crippen LogP contribution in [-0.4, -0.2) is 45.3 Å². The monoisotopic (exact) mass is 326 g/mol. The van der Waals surface area contributed by atoms with Crippen LogP contribution in [0.1, 0.15) is 10.4 Å². The highest BCUT2D eigenvalue weighted by atomic mass is 16.5. The molecule has 0 bridgehead atoms. The summed E-state index contributed by atoms with van der Waals surface area (Å²) in [5.41, 5.74) is 1.43. The average Bonchev–Trinajstić information content (AvgIpc) is 2.63. The highest BCUT2D eigenvalue weighted by Gasteiger charge is 2.19. The molecule has 1 aliphatic rings. The molecular weight excluding hydrogens is 304 g/mol. The van der Waals surface area contributed by atoms with Crippen molar-refractivity contribution >= 4 is 11.7 Å². The Bertz CT molecular complexity index is 667. The normalized spacial score (nSPS) is 15.2. The summed E-state index contributed by atoms with van der Waals surface area (Å²) in [5.74, 6) is -0.595. The van der Waals surface area contributed by atoms with Gasteiger partial charge in [-0.3, -0.25) is 0 Å². The minimum absolute atomic E-state index is 0.149. The first kappa shape index (κ1) is 16.3. The number of hydrogen-bond acceptors (Lipinski definition) is 4. The molecule has 126 valence electrons. The van der Waals surface area contributed by atoms with Gasteiger partial charge in [0.2, 0.25) is 0 Å². The zero-order valence-corrected chi connectivity index (χ0v) is 13.6. The average molecular weight is 326 g/mol. The first-order chi connectivity index (χ1) is 11.7. The number of carboxylic acids is 1. The molecule has 0 spiro atoms. The lowest BCUT2D eigenvalue weighted by Crippen LogP contribution is -3.15. The summed E-state index contributed by atoms with van der Waals surface area (Å²) in [5, 5.41) is 10.8. The van der Waals surface area contributed by atoms with E-state index in [1.807, 2.05) is 6.07 Å². The van der Waals surface area contributed by atoms with Gasteiger partial charge >= 0.3 is 0 Å². The summed E-state index contributed by atoms with van der Waals surface area (Å²) in [6.07, 6.45) is 0. The van der Waals surface area contributed by atoms with Crippen molar-refractivity contribution in [3.05, 3.63) is 60.2 Å². The van der Waals surface area contributed by atoms with Crippen LogP contribution in [0, 0.1) is 0 Å². The van der Waals surface area contributed by atoms with Crippen LogP contribution in [0.4, 0.5) is 5.69 Å². The van der Waals surface area contributed by atoms with Gasteiger partial charge in [-0.2, -0.15) is 0 Å². The van der Waals surface area contributed by atoms with E-state index in [4.69, 9.17) is 4.74 Å². The molecule has 0 amide bonds. The number of carbonyl (C=O) groups is 1. The molecule has 1 heterocycles. The predicted octanol–water partition coefficient (Wildman–Crippen LogP) is -0.166. The number of anilines is 1. The number of carbonyl (C=O) groups excluding carboxylic acids is 1. The number of nitrogens with zero attached hydrogens (tertiary/aromatic N) is 1. The van der Waals surface area contributed by atoms with Crippen LogP contribution in [0.3, 0.4) is 0 Å². The lowest BCUT2D eigenvalue weighted by Gasteiger charge is -2.33. The molecule has 1 aliphatic heterocycles. The van der Waals surface area contributed by atoms with Crippen LogP contribution in [0.15, 0.2) is 54.6 Å². The molecule has 5 heteroatoms. The highest BCUT2D eigenvalue weighted by molar-refractivity contribution is 5.86. The number of carboxylic acid groups (broad SMARTS) is 1. The van der Waals surface area contributed by atoms with Gasteiger partial charge in [0, 0.05) is 11.3 Å². The summed E-state index contributed by atoms with van der Waals surface area (Å²) in [6, 6.07) is 17.0. The van der Waals surface area contributed by atoms with Crippen molar-refractivity contribution in [2.24, 2.45) is 0 Å². The Labute approximate surface area is 142 Å². The third kappa shape index (κ3) is 4.26. The van der Waals surface area contributed by atoms with Crippen molar-refractivity contribution in [2.75, 3.05) is 44.2 Å². The molecule has 5 nitrogen and oxygen atoms in total. The van der Waals surface area contributed by atoms with E-state index in [0.717, 1.165) is 32.7 Å². The van der Waals surface area contributed by atoms with E-state index < -0.39 is 5.97 Å².